The number of Topliss-reactive ketones (excluding diaryl/α,β-unsaturated/α-hetero) is 1. The standard InChI is InChI=1S/C17H19FN4O2/c1-3-15(23)14-5-4-10-21(14)17(24)16-19-11(2)22(20-16)13-8-6-12(18)7-9-13/h6-9,14H,3-5,10H2,1-2H3/t14-/m0/s1. The number of hydrogen-bond acceptors (Lipinski definition) is 4. The molecular weight excluding hydrogens is 311 g/mol. The van der Waals surface area contributed by atoms with Crippen LogP contribution < -0.4 is 0 Å². The topological polar surface area (TPSA) is 68.1 Å². The average molecular weight is 330 g/mol. The molecule has 7 heteroatoms. The zero-order valence-electron chi connectivity index (χ0n) is 13.7. The number of aromatic nitrogens is 3. The van der Waals surface area contributed by atoms with Gasteiger partial charge in [-0.3, -0.25) is 9.59 Å². The van der Waals surface area contributed by atoms with Gasteiger partial charge >= 0.3 is 0 Å². The van der Waals surface area contributed by atoms with Gasteiger partial charge in [-0.25, -0.2) is 14.1 Å². The van der Waals surface area contributed by atoms with Crippen molar-refractivity contribution in [1.29, 1.82) is 0 Å². The molecule has 0 unspecified atom stereocenters. The molecule has 0 aliphatic carbocycles. The third-order valence-corrected chi connectivity index (χ3v) is 4.27. The van der Waals surface area contributed by atoms with Crippen molar-refractivity contribution in [3.63, 3.8) is 0 Å². The third kappa shape index (κ3) is 2.93. The first kappa shape index (κ1) is 16.3. The van der Waals surface area contributed by atoms with Crippen LogP contribution in [0.25, 0.3) is 5.69 Å². The molecule has 0 saturated carbocycles. The summed E-state index contributed by atoms with van der Waals surface area (Å²) >= 11 is 0. The second-order valence-corrected chi connectivity index (χ2v) is 5.85. The van der Waals surface area contributed by atoms with E-state index in [0.29, 0.717) is 30.9 Å². The number of ketones is 1. The molecular formula is C17H19FN4O2. The second-order valence-electron chi connectivity index (χ2n) is 5.85. The molecule has 0 bridgehead atoms. The highest BCUT2D eigenvalue weighted by Gasteiger charge is 2.35. The van der Waals surface area contributed by atoms with Gasteiger partial charge in [0.15, 0.2) is 5.78 Å². The minimum atomic E-state index is -0.374. The van der Waals surface area contributed by atoms with Crippen molar-refractivity contribution >= 4 is 11.7 Å². The van der Waals surface area contributed by atoms with Crippen molar-refractivity contribution in [2.45, 2.75) is 39.2 Å². The number of aryl methyl sites for hydroxylation is 1. The molecule has 6 nitrogen and oxygen atoms in total. The van der Waals surface area contributed by atoms with E-state index in [-0.39, 0.29) is 29.4 Å². The normalized spacial score (nSPS) is 17.3. The molecule has 2 aromatic rings. The predicted octanol–water partition coefficient (Wildman–Crippen LogP) is 2.30. The number of carbonyl (C=O) groups is 2. The predicted molar refractivity (Wildman–Crippen MR) is 85.4 cm³/mol. The summed E-state index contributed by atoms with van der Waals surface area (Å²) in [6.45, 7) is 4.07. The highest BCUT2D eigenvalue weighted by Crippen LogP contribution is 2.21. The number of nitrogens with zero attached hydrogens (tertiary/aromatic N) is 4. The molecule has 1 saturated heterocycles. The van der Waals surface area contributed by atoms with Crippen LogP contribution in [0.5, 0.6) is 0 Å². The van der Waals surface area contributed by atoms with Crippen molar-refractivity contribution in [1.82, 2.24) is 19.7 Å². The first-order chi connectivity index (χ1) is 11.5. The monoisotopic (exact) mass is 330 g/mol. The Bertz CT molecular complexity index is 769. The van der Waals surface area contributed by atoms with Gasteiger partial charge in [0, 0.05) is 13.0 Å². The van der Waals surface area contributed by atoms with Gasteiger partial charge in [0.1, 0.15) is 11.6 Å². The van der Waals surface area contributed by atoms with E-state index in [2.05, 4.69) is 10.1 Å². The first-order valence-corrected chi connectivity index (χ1v) is 8.04. The van der Waals surface area contributed by atoms with Gasteiger partial charge in [-0.2, -0.15) is 0 Å². The van der Waals surface area contributed by atoms with Crippen LogP contribution in [0.2, 0.25) is 0 Å². The smallest absolute Gasteiger partial charge is 0.294 e. The molecule has 24 heavy (non-hydrogen) atoms. The van der Waals surface area contributed by atoms with E-state index in [4.69, 9.17) is 0 Å². The van der Waals surface area contributed by atoms with Crippen LogP contribution in [0.4, 0.5) is 4.39 Å². The van der Waals surface area contributed by atoms with Crippen LogP contribution in [0.15, 0.2) is 24.3 Å². The molecule has 3 rings (SSSR count). The van der Waals surface area contributed by atoms with Gasteiger partial charge in [-0.1, -0.05) is 6.92 Å². The van der Waals surface area contributed by atoms with Crippen LogP contribution in [0.1, 0.15) is 42.6 Å². The van der Waals surface area contributed by atoms with Gasteiger partial charge in [-0.05, 0) is 44.0 Å². The van der Waals surface area contributed by atoms with Crippen molar-refractivity contribution in [2.24, 2.45) is 0 Å². The van der Waals surface area contributed by atoms with E-state index >= 15 is 0 Å². The summed E-state index contributed by atoms with van der Waals surface area (Å²) in [6, 6.07) is 5.43. The lowest BCUT2D eigenvalue weighted by Gasteiger charge is -2.21. The Kier molecular flexibility index (Phi) is 4.42. The number of likely N-dealkylation sites (tertiary alicyclic amines) is 1. The van der Waals surface area contributed by atoms with Crippen LogP contribution in [0.3, 0.4) is 0 Å². The largest absolute Gasteiger partial charge is 0.326 e. The van der Waals surface area contributed by atoms with Crippen LogP contribution in [-0.4, -0.2) is 43.9 Å². The van der Waals surface area contributed by atoms with Gasteiger partial charge in [0.25, 0.3) is 5.91 Å². The Labute approximate surface area is 139 Å². The number of hydrogen-bond donors (Lipinski definition) is 0. The summed E-state index contributed by atoms with van der Waals surface area (Å²) in [5, 5.41) is 4.25. The fraction of sp³-hybridized carbons (Fsp3) is 0.412. The van der Waals surface area contributed by atoms with Crippen LogP contribution in [0, 0.1) is 12.7 Å². The highest BCUT2D eigenvalue weighted by molar-refractivity contribution is 5.95. The summed E-state index contributed by atoms with van der Waals surface area (Å²) in [6.07, 6.45) is 1.90. The molecule has 0 spiro atoms. The maximum absolute atomic E-state index is 13.1. The van der Waals surface area contributed by atoms with Crippen molar-refractivity contribution in [3.8, 4) is 5.69 Å². The number of carbonyl (C=O) groups excluding carboxylic acids is 2. The summed E-state index contributed by atoms with van der Waals surface area (Å²) in [7, 11) is 0. The Hall–Kier alpha value is -2.57. The van der Waals surface area contributed by atoms with Gasteiger partial charge in [0.2, 0.25) is 5.82 Å². The van der Waals surface area contributed by atoms with E-state index in [0.717, 1.165) is 6.42 Å². The molecule has 1 amide bonds. The van der Waals surface area contributed by atoms with E-state index < -0.39 is 0 Å². The molecule has 2 heterocycles. The molecule has 1 atom stereocenters. The maximum Gasteiger partial charge on any atom is 0.294 e. The number of rotatable bonds is 4. The third-order valence-electron chi connectivity index (χ3n) is 4.27. The van der Waals surface area contributed by atoms with Crippen molar-refractivity contribution < 1.29 is 14.0 Å². The molecule has 0 radical (unpaired) electrons. The summed E-state index contributed by atoms with van der Waals surface area (Å²) in [4.78, 5) is 30.5. The minimum absolute atomic E-state index is 0.0626. The molecule has 126 valence electrons. The summed E-state index contributed by atoms with van der Waals surface area (Å²) < 4.78 is 14.6. The Morgan fingerprint density at radius 2 is 2.00 bits per heavy atom. The fourth-order valence-electron chi connectivity index (χ4n) is 3.02. The Balaban J connectivity index is 1.87. The van der Waals surface area contributed by atoms with Gasteiger partial charge in [-0.15, -0.1) is 5.10 Å². The maximum atomic E-state index is 13.1. The number of benzene rings is 1. The fourth-order valence-corrected chi connectivity index (χ4v) is 3.02. The highest BCUT2D eigenvalue weighted by atomic mass is 19.1. The van der Waals surface area contributed by atoms with Gasteiger partial charge < -0.3 is 4.90 Å². The zero-order valence-corrected chi connectivity index (χ0v) is 13.7. The first-order valence-electron chi connectivity index (χ1n) is 8.04. The molecule has 1 fully saturated rings. The average Bonchev–Trinajstić information content (AvgIpc) is 3.21. The zero-order chi connectivity index (χ0) is 17.3. The lowest BCUT2D eigenvalue weighted by Crippen LogP contribution is -2.40. The van der Waals surface area contributed by atoms with Crippen molar-refractivity contribution in [3.05, 3.63) is 41.7 Å². The van der Waals surface area contributed by atoms with Crippen LogP contribution >= 0.6 is 0 Å². The van der Waals surface area contributed by atoms with E-state index in [9.17, 15) is 14.0 Å². The minimum Gasteiger partial charge on any atom is -0.326 e. The molecule has 1 aliphatic rings. The molecule has 1 aromatic carbocycles. The number of halogens is 1. The molecule has 1 aliphatic heterocycles. The second kappa shape index (κ2) is 6.51. The molecule has 0 N–H and O–H groups in total. The van der Waals surface area contributed by atoms with E-state index in [1.54, 1.807) is 30.9 Å². The van der Waals surface area contributed by atoms with Crippen LogP contribution in [-0.2, 0) is 4.79 Å². The SMILES string of the molecule is CCC(=O)[C@@H]1CCCN1C(=O)c1nc(C)n(-c2ccc(F)cc2)n1. The van der Waals surface area contributed by atoms with Gasteiger partial charge in [0.05, 0.1) is 11.7 Å². The van der Waals surface area contributed by atoms with E-state index in [1.165, 1.54) is 16.8 Å². The quantitative estimate of drug-likeness (QED) is 0.862. The number of amides is 1. The lowest BCUT2D eigenvalue weighted by atomic mass is 10.1. The van der Waals surface area contributed by atoms with E-state index in [1.807, 2.05) is 0 Å². The lowest BCUT2D eigenvalue weighted by molar-refractivity contribution is -0.122. The Morgan fingerprint density at radius 1 is 1.29 bits per heavy atom. The molecule has 1 aromatic heterocycles. The summed E-state index contributed by atoms with van der Waals surface area (Å²) in [5.74, 6) is -0.0141. The summed E-state index contributed by atoms with van der Waals surface area (Å²) in [5.41, 5.74) is 0.628. The Morgan fingerprint density at radius 3 is 2.67 bits per heavy atom. The van der Waals surface area contributed by atoms with Crippen molar-refractivity contribution in [2.75, 3.05) is 6.54 Å².